The Morgan fingerprint density at radius 3 is 2.69 bits per heavy atom. The average molecular weight is 361 g/mol. The molecule has 2 aromatic heterocycles. The van der Waals surface area contributed by atoms with Gasteiger partial charge in [-0.3, -0.25) is 4.98 Å². The molecule has 0 aliphatic carbocycles. The summed E-state index contributed by atoms with van der Waals surface area (Å²) in [6, 6.07) is 20.4. The highest BCUT2D eigenvalue weighted by molar-refractivity contribution is 8.14. The van der Waals surface area contributed by atoms with E-state index in [0.717, 1.165) is 34.5 Å². The Hall–Kier alpha value is -2.53. The molecule has 2 aliphatic heterocycles. The van der Waals surface area contributed by atoms with Gasteiger partial charge < -0.3 is 9.32 Å². The van der Waals surface area contributed by atoms with Gasteiger partial charge in [0.1, 0.15) is 23.6 Å². The fraction of sp³-hybridized carbons (Fsp3) is 0.238. The molecule has 0 amide bonds. The summed E-state index contributed by atoms with van der Waals surface area (Å²) < 4.78 is 6.30. The Morgan fingerprint density at radius 1 is 1.04 bits per heavy atom. The van der Waals surface area contributed by atoms with Crippen LogP contribution in [0.3, 0.4) is 0 Å². The van der Waals surface area contributed by atoms with Gasteiger partial charge in [-0.25, -0.2) is 4.99 Å². The Balaban J connectivity index is 1.54. The second kappa shape index (κ2) is 6.32. The molecule has 5 rings (SSSR count). The van der Waals surface area contributed by atoms with Crippen LogP contribution in [0.2, 0.25) is 0 Å². The molecular formula is C21H19N3OS. The van der Waals surface area contributed by atoms with Crippen LogP contribution in [0.5, 0.6) is 0 Å². The van der Waals surface area contributed by atoms with Crippen molar-refractivity contribution in [1.29, 1.82) is 0 Å². The molecule has 0 radical (unpaired) electrons. The van der Waals surface area contributed by atoms with E-state index in [-0.39, 0.29) is 12.1 Å². The standard InChI is InChI=1S/C21H19N3OS/c1-14-13-24-20(18-11-10-17(25-18)15-7-3-2-4-8-15)19(23-21(24)26-14)16-9-5-6-12-22-16/h2-12,14,19-20H,13H2,1H3/t14-,19+,20-/m0/s1. The highest BCUT2D eigenvalue weighted by Gasteiger charge is 2.45. The van der Waals surface area contributed by atoms with Crippen LogP contribution in [0.4, 0.5) is 0 Å². The Bertz CT molecular complexity index is 938. The van der Waals surface area contributed by atoms with E-state index in [4.69, 9.17) is 9.41 Å². The maximum atomic E-state index is 6.30. The number of aliphatic imine (C=N–C) groups is 1. The van der Waals surface area contributed by atoms with Crippen molar-refractivity contribution in [3.05, 3.63) is 78.3 Å². The van der Waals surface area contributed by atoms with Crippen molar-refractivity contribution in [2.45, 2.75) is 24.3 Å². The number of pyridine rings is 1. The van der Waals surface area contributed by atoms with Crippen molar-refractivity contribution in [1.82, 2.24) is 9.88 Å². The smallest absolute Gasteiger partial charge is 0.161 e. The van der Waals surface area contributed by atoms with Crippen molar-refractivity contribution in [3.8, 4) is 11.3 Å². The Labute approximate surface area is 157 Å². The second-order valence-electron chi connectivity index (χ2n) is 6.70. The molecule has 1 saturated heterocycles. The molecule has 4 heterocycles. The highest BCUT2D eigenvalue weighted by atomic mass is 32.2. The molecule has 3 aromatic rings. The van der Waals surface area contributed by atoms with Gasteiger partial charge in [-0.2, -0.15) is 0 Å². The lowest BCUT2D eigenvalue weighted by molar-refractivity contribution is 0.277. The molecule has 3 atom stereocenters. The van der Waals surface area contributed by atoms with E-state index >= 15 is 0 Å². The summed E-state index contributed by atoms with van der Waals surface area (Å²) in [4.78, 5) is 11.9. The van der Waals surface area contributed by atoms with Gasteiger partial charge in [0.25, 0.3) is 0 Å². The number of furan rings is 1. The first-order chi connectivity index (χ1) is 12.8. The van der Waals surface area contributed by atoms with Gasteiger partial charge in [-0.15, -0.1) is 0 Å². The molecule has 1 aromatic carbocycles. The van der Waals surface area contributed by atoms with Crippen LogP contribution in [0, 0.1) is 0 Å². The summed E-state index contributed by atoms with van der Waals surface area (Å²) in [5.74, 6) is 1.85. The third kappa shape index (κ3) is 2.63. The molecule has 0 spiro atoms. The van der Waals surface area contributed by atoms with Crippen LogP contribution in [0.25, 0.3) is 11.3 Å². The van der Waals surface area contributed by atoms with E-state index in [1.165, 1.54) is 0 Å². The molecule has 2 aliphatic rings. The van der Waals surface area contributed by atoms with E-state index < -0.39 is 0 Å². The summed E-state index contributed by atoms with van der Waals surface area (Å²) in [6.45, 7) is 3.23. The molecule has 1 fully saturated rings. The highest BCUT2D eigenvalue weighted by Crippen LogP contribution is 2.48. The van der Waals surface area contributed by atoms with Crippen LogP contribution in [0.15, 0.2) is 76.3 Å². The third-order valence-corrected chi connectivity index (χ3v) is 5.96. The molecule has 5 heteroatoms. The van der Waals surface area contributed by atoms with Gasteiger partial charge in [0.2, 0.25) is 0 Å². The SMILES string of the molecule is C[C@H]1CN2C(=N[C@H](c3ccccn3)[C@@H]2c2ccc(-c3ccccc3)o2)S1. The van der Waals surface area contributed by atoms with Crippen LogP contribution in [-0.4, -0.2) is 26.8 Å². The average Bonchev–Trinajstić information content (AvgIpc) is 3.37. The summed E-state index contributed by atoms with van der Waals surface area (Å²) in [7, 11) is 0. The van der Waals surface area contributed by atoms with Gasteiger partial charge in [-0.1, -0.05) is 55.1 Å². The summed E-state index contributed by atoms with van der Waals surface area (Å²) >= 11 is 1.84. The van der Waals surface area contributed by atoms with Crippen molar-refractivity contribution in [2.24, 2.45) is 4.99 Å². The van der Waals surface area contributed by atoms with Crippen LogP contribution in [0.1, 0.15) is 30.5 Å². The molecule has 0 saturated carbocycles. The van der Waals surface area contributed by atoms with E-state index in [2.05, 4.69) is 47.1 Å². The number of rotatable bonds is 3. The molecule has 26 heavy (non-hydrogen) atoms. The van der Waals surface area contributed by atoms with Crippen molar-refractivity contribution in [3.63, 3.8) is 0 Å². The van der Waals surface area contributed by atoms with Crippen molar-refractivity contribution in [2.75, 3.05) is 6.54 Å². The number of aromatic nitrogens is 1. The molecule has 0 unspecified atom stereocenters. The maximum absolute atomic E-state index is 6.30. The topological polar surface area (TPSA) is 41.6 Å². The summed E-state index contributed by atoms with van der Waals surface area (Å²) in [5, 5.41) is 1.65. The van der Waals surface area contributed by atoms with Crippen LogP contribution < -0.4 is 0 Å². The van der Waals surface area contributed by atoms with Gasteiger partial charge in [0, 0.05) is 23.6 Å². The van der Waals surface area contributed by atoms with E-state index in [1.807, 2.05) is 48.3 Å². The first-order valence-electron chi connectivity index (χ1n) is 8.87. The number of thioether (sulfide) groups is 1. The van der Waals surface area contributed by atoms with Crippen molar-refractivity contribution >= 4 is 16.9 Å². The fourth-order valence-electron chi connectivity index (χ4n) is 3.69. The van der Waals surface area contributed by atoms with Gasteiger partial charge in [0.05, 0.1) is 5.69 Å². The lowest BCUT2D eigenvalue weighted by Gasteiger charge is -2.25. The lowest BCUT2D eigenvalue weighted by atomic mass is 10.0. The minimum atomic E-state index is -0.0269. The normalized spacial score (nSPS) is 24.6. The summed E-state index contributed by atoms with van der Waals surface area (Å²) in [5.41, 5.74) is 2.08. The molecule has 4 nitrogen and oxygen atoms in total. The number of fused-ring (bicyclic) bond motifs is 1. The zero-order valence-corrected chi connectivity index (χ0v) is 15.3. The first kappa shape index (κ1) is 15.7. The van der Waals surface area contributed by atoms with Crippen LogP contribution in [-0.2, 0) is 0 Å². The minimum Gasteiger partial charge on any atom is -0.459 e. The summed E-state index contributed by atoms with van der Waals surface area (Å²) in [6.07, 6.45) is 1.84. The largest absolute Gasteiger partial charge is 0.459 e. The first-order valence-corrected chi connectivity index (χ1v) is 9.75. The number of amidine groups is 1. The number of hydrogen-bond acceptors (Lipinski definition) is 5. The maximum Gasteiger partial charge on any atom is 0.161 e. The van der Waals surface area contributed by atoms with Gasteiger partial charge in [0.15, 0.2) is 5.17 Å². The monoisotopic (exact) mass is 361 g/mol. The Kier molecular flexibility index (Phi) is 3.82. The number of nitrogens with zero attached hydrogens (tertiary/aromatic N) is 3. The predicted molar refractivity (Wildman–Crippen MR) is 105 cm³/mol. The van der Waals surface area contributed by atoms with Gasteiger partial charge in [-0.05, 0) is 24.3 Å². The predicted octanol–water partition coefficient (Wildman–Crippen LogP) is 4.93. The third-order valence-electron chi connectivity index (χ3n) is 4.86. The molecule has 130 valence electrons. The Morgan fingerprint density at radius 2 is 1.88 bits per heavy atom. The van der Waals surface area contributed by atoms with Crippen LogP contribution >= 0.6 is 11.8 Å². The number of hydrogen-bond donors (Lipinski definition) is 0. The fourth-order valence-corrected chi connectivity index (χ4v) is 4.79. The van der Waals surface area contributed by atoms with Gasteiger partial charge >= 0.3 is 0 Å². The van der Waals surface area contributed by atoms with E-state index in [1.54, 1.807) is 0 Å². The zero-order chi connectivity index (χ0) is 17.5. The van der Waals surface area contributed by atoms with Crippen molar-refractivity contribution < 1.29 is 4.42 Å². The number of benzene rings is 1. The van der Waals surface area contributed by atoms with E-state index in [0.29, 0.717) is 5.25 Å². The molecule has 0 N–H and O–H groups in total. The molecular weight excluding hydrogens is 342 g/mol. The second-order valence-corrected chi connectivity index (χ2v) is 8.11. The minimum absolute atomic E-state index is 0.0269. The lowest BCUT2D eigenvalue weighted by Crippen LogP contribution is -2.28. The van der Waals surface area contributed by atoms with E-state index in [9.17, 15) is 0 Å². The molecule has 0 bridgehead atoms. The quantitative estimate of drug-likeness (QED) is 0.663. The zero-order valence-electron chi connectivity index (χ0n) is 14.4.